The van der Waals surface area contributed by atoms with E-state index in [2.05, 4.69) is 0 Å². The van der Waals surface area contributed by atoms with Crippen molar-refractivity contribution in [1.82, 2.24) is 0 Å². The molecule has 0 bridgehead atoms. The number of benzene rings is 1. The molecular weight excluding hydrogens is 215 g/mol. The zero-order valence-corrected chi connectivity index (χ0v) is 9.64. The Morgan fingerprint density at radius 3 is 2.53 bits per heavy atom. The van der Waals surface area contributed by atoms with Crippen LogP contribution in [0.2, 0.25) is 0 Å². The van der Waals surface area contributed by atoms with Crippen LogP contribution in [-0.4, -0.2) is 19.1 Å². The molecule has 1 rings (SSSR count). The molecule has 0 saturated heterocycles. The van der Waals surface area contributed by atoms with Crippen molar-refractivity contribution in [3.63, 3.8) is 0 Å². The lowest BCUT2D eigenvalue weighted by Crippen LogP contribution is -2.14. The first-order valence-corrected chi connectivity index (χ1v) is 5.67. The molecule has 15 heavy (non-hydrogen) atoms. The molecule has 1 aromatic carbocycles. The molecule has 1 aromatic rings. The third-order valence-electron chi connectivity index (χ3n) is 2.21. The fraction of sp³-hybridized carbons (Fsp3) is 0.500. The number of hydrogen-bond acceptors (Lipinski definition) is 1. The highest BCUT2D eigenvalue weighted by Crippen LogP contribution is 2.12. The van der Waals surface area contributed by atoms with Gasteiger partial charge in [-0.1, -0.05) is 12.1 Å². The maximum Gasteiger partial charge on any atom is 0.123 e. The van der Waals surface area contributed by atoms with Gasteiger partial charge in [-0.15, -0.1) is 11.6 Å². The van der Waals surface area contributed by atoms with Crippen molar-refractivity contribution in [3.05, 3.63) is 35.6 Å². The summed E-state index contributed by atoms with van der Waals surface area (Å²) in [5.41, 5.74) is 1.10. The van der Waals surface area contributed by atoms with E-state index in [0.29, 0.717) is 25.0 Å². The van der Waals surface area contributed by atoms with Crippen LogP contribution < -0.4 is 0 Å². The Labute approximate surface area is 95.2 Å². The van der Waals surface area contributed by atoms with E-state index in [0.717, 1.165) is 12.0 Å². The van der Waals surface area contributed by atoms with Gasteiger partial charge in [0.1, 0.15) is 5.82 Å². The standard InChI is InChI=1S/C12H16ClFO/c1-2-15-9-11(8-13)7-10-3-5-12(14)6-4-10/h3-6,11H,2,7-9H2,1H3. The Kier molecular flexibility index (Phi) is 5.66. The number of alkyl halides is 1. The lowest BCUT2D eigenvalue weighted by molar-refractivity contribution is 0.117. The molecule has 1 nitrogen and oxygen atoms in total. The third kappa shape index (κ3) is 4.63. The summed E-state index contributed by atoms with van der Waals surface area (Å²) in [6, 6.07) is 6.53. The fourth-order valence-corrected chi connectivity index (χ4v) is 1.59. The minimum atomic E-state index is -0.203. The zero-order chi connectivity index (χ0) is 11.1. The van der Waals surface area contributed by atoms with Gasteiger partial charge in [0, 0.05) is 12.5 Å². The Morgan fingerprint density at radius 2 is 2.00 bits per heavy atom. The molecule has 0 aliphatic rings. The second-order valence-electron chi connectivity index (χ2n) is 3.51. The zero-order valence-electron chi connectivity index (χ0n) is 8.88. The van der Waals surface area contributed by atoms with Gasteiger partial charge in [-0.05, 0) is 37.0 Å². The summed E-state index contributed by atoms with van der Waals surface area (Å²) < 4.78 is 18.0. The van der Waals surface area contributed by atoms with Crippen molar-refractivity contribution in [1.29, 1.82) is 0 Å². The van der Waals surface area contributed by atoms with E-state index in [1.807, 2.05) is 6.92 Å². The molecule has 0 fully saturated rings. The molecule has 0 amide bonds. The first-order valence-electron chi connectivity index (χ1n) is 5.14. The lowest BCUT2D eigenvalue weighted by Gasteiger charge is -2.13. The van der Waals surface area contributed by atoms with E-state index in [4.69, 9.17) is 16.3 Å². The molecule has 0 spiro atoms. The van der Waals surface area contributed by atoms with Gasteiger partial charge in [-0.25, -0.2) is 4.39 Å². The largest absolute Gasteiger partial charge is 0.381 e. The van der Waals surface area contributed by atoms with E-state index < -0.39 is 0 Å². The van der Waals surface area contributed by atoms with Crippen LogP contribution >= 0.6 is 11.6 Å². The molecule has 0 heterocycles. The Morgan fingerprint density at radius 1 is 1.33 bits per heavy atom. The van der Waals surface area contributed by atoms with Crippen molar-refractivity contribution in [2.45, 2.75) is 13.3 Å². The second-order valence-corrected chi connectivity index (χ2v) is 3.82. The van der Waals surface area contributed by atoms with E-state index in [9.17, 15) is 4.39 Å². The summed E-state index contributed by atoms with van der Waals surface area (Å²) in [7, 11) is 0. The van der Waals surface area contributed by atoms with E-state index in [-0.39, 0.29) is 5.82 Å². The molecule has 0 aliphatic carbocycles. The minimum Gasteiger partial charge on any atom is -0.381 e. The monoisotopic (exact) mass is 230 g/mol. The second kappa shape index (κ2) is 6.81. The van der Waals surface area contributed by atoms with E-state index in [1.165, 1.54) is 12.1 Å². The molecule has 0 aliphatic heterocycles. The molecule has 0 N–H and O–H groups in total. The highest BCUT2D eigenvalue weighted by atomic mass is 35.5. The van der Waals surface area contributed by atoms with Crippen molar-refractivity contribution >= 4 is 11.6 Å². The van der Waals surface area contributed by atoms with Crippen LogP contribution in [-0.2, 0) is 11.2 Å². The quantitative estimate of drug-likeness (QED) is 0.682. The normalized spacial score (nSPS) is 12.7. The molecular formula is C12H16ClFO. The lowest BCUT2D eigenvalue weighted by atomic mass is 10.0. The molecule has 84 valence electrons. The summed E-state index contributed by atoms with van der Waals surface area (Å²) in [6.45, 7) is 3.33. The van der Waals surface area contributed by atoms with Crippen LogP contribution in [0.25, 0.3) is 0 Å². The van der Waals surface area contributed by atoms with Crippen LogP contribution in [0.4, 0.5) is 4.39 Å². The van der Waals surface area contributed by atoms with Crippen LogP contribution in [0.1, 0.15) is 12.5 Å². The number of halogens is 2. The molecule has 0 aromatic heterocycles. The van der Waals surface area contributed by atoms with Gasteiger partial charge in [0.15, 0.2) is 0 Å². The van der Waals surface area contributed by atoms with Crippen molar-refractivity contribution in [2.75, 3.05) is 19.1 Å². The molecule has 3 heteroatoms. The Balaban J connectivity index is 2.47. The smallest absolute Gasteiger partial charge is 0.123 e. The van der Waals surface area contributed by atoms with Crippen molar-refractivity contribution in [2.24, 2.45) is 5.92 Å². The topological polar surface area (TPSA) is 9.23 Å². The van der Waals surface area contributed by atoms with E-state index in [1.54, 1.807) is 12.1 Å². The first-order chi connectivity index (χ1) is 7.26. The average molecular weight is 231 g/mol. The number of hydrogen-bond donors (Lipinski definition) is 0. The highest BCUT2D eigenvalue weighted by Gasteiger charge is 2.08. The summed E-state index contributed by atoms with van der Waals surface area (Å²) in [5, 5.41) is 0. The SMILES string of the molecule is CCOCC(CCl)Cc1ccc(F)cc1. The van der Waals surface area contributed by atoms with Crippen LogP contribution in [0.15, 0.2) is 24.3 Å². The molecule has 1 unspecified atom stereocenters. The highest BCUT2D eigenvalue weighted by molar-refractivity contribution is 6.18. The van der Waals surface area contributed by atoms with Gasteiger partial charge in [-0.3, -0.25) is 0 Å². The van der Waals surface area contributed by atoms with Gasteiger partial charge in [0.25, 0.3) is 0 Å². The predicted molar refractivity (Wildman–Crippen MR) is 60.8 cm³/mol. The fourth-order valence-electron chi connectivity index (χ4n) is 1.40. The Bertz CT molecular complexity index is 273. The van der Waals surface area contributed by atoms with Crippen molar-refractivity contribution < 1.29 is 9.13 Å². The van der Waals surface area contributed by atoms with Gasteiger partial charge in [-0.2, -0.15) is 0 Å². The number of ether oxygens (including phenoxy) is 1. The summed E-state index contributed by atoms with van der Waals surface area (Å²) in [4.78, 5) is 0. The van der Waals surface area contributed by atoms with E-state index >= 15 is 0 Å². The molecule has 0 saturated carbocycles. The third-order valence-corrected chi connectivity index (χ3v) is 2.65. The van der Waals surface area contributed by atoms with Gasteiger partial charge in [0.2, 0.25) is 0 Å². The average Bonchev–Trinajstić information content (AvgIpc) is 2.27. The minimum absolute atomic E-state index is 0.203. The van der Waals surface area contributed by atoms with Crippen molar-refractivity contribution in [3.8, 4) is 0 Å². The van der Waals surface area contributed by atoms with Gasteiger partial charge >= 0.3 is 0 Å². The number of rotatable bonds is 6. The van der Waals surface area contributed by atoms with Crippen LogP contribution in [0.5, 0.6) is 0 Å². The van der Waals surface area contributed by atoms with Crippen LogP contribution in [0.3, 0.4) is 0 Å². The summed E-state index contributed by atoms with van der Waals surface area (Å²) in [6.07, 6.45) is 0.837. The Hall–Kier alpha value is -0.600. The van der Waals surface area contributed by atoms with Crippen LogP contribution in [0, 0.1) is 11.7 Å². The van der Waals surface area contributed by atoms with Gasteiger partial charge < -0.3 is 4.74 Å². The predicted octanol–water partition coefficient (Wildman–Crippen LogP) is 3.26. The maximum atomic E-state index is 12.7. The van der Waals surface area contributed by atoms with Gasteiger partial charge in [0.05, 0.1) is 6.61 Å². The first kappa shape index (κ1) is 12.5. The maximum absolute atomic E-state index is 12.7. The molecule has 1 atom stereocenters. The summed E-state index contributed by atoms with van der Waals surface area (Å²) in [5.74, 6) is 0.667. The summed E-state index contributed by atoms with van der Waals surface area (Å²) >= 11 is 5.83. The molecule has 0 radical (unpaired) electrons.